The van der Waals surface area contributed by atoms with E-state index in [0.29, 0.717) is 5.92 Å². The van der Waals surface area contributed by atoms with Crippen LogP contribution in [0, 0.1) is 12.8 Å². The Morgan fingerprint density at radius 1 is 1.26 bits per heavy atom. The van der Waals surface area contributed by atoms with Crippen molar-refractivity contribution in [2.45, 2.75) is 58.3 Å². The Balaban J connectivity index is 2.14. The molecule has 1 saturated carbocycles. The molecule has 0 radical (unpaired) electrons. The third kappa shape index (κ3) is 7.21. The van der Waals surface area contributed by atoms with E-state index in [0.717, 1.165) is 59.9 Å². The molecule has 0 spiro atoms. The van der Waals surface area contributed by atoms with Crippen molar-refractivity contribution in [3.8, 4) is 0 Å². The predicted molar refractivity (Wildman–Crippen MR) is 151 cm³/mol. The molecule has 0 atom stereocenters. The molecular formula is C28H38N6S. The second-order valence-corrected chi connectivity index (χ2v) is 9.87. The zero-order chi connectivity index (χ0) is 25.4. The number of nitrogens with one attached hydrogen (secondary N) is 2. The van der Waals surface area contributed by atoms with Crippen LogP contribution < -0.4 is 11.1 Å². The van der Waals surface area contributed by atoms with E-state index in [2.05, 4.69) is 71.8 Å². The van der Waals surface area contributed by atoms with E-state index >= 15 is 0 Å². The molecule has 35 heavy (non-hydrogen) atoms. The van der Waals surface area contributed by atoms with Crippen molar-refractivity contribution in [1.29, 1.82) is 0 Å². The average molecular weight is 491 g/mol. The number of benzene rings is 1. The van der Waals surface area contributed by atoms with Crippen LogP contribution in [0.2, 0.25) is 0 Å². The third-order valence-corrected chi connectivity index (χ3v) is 6.82. The van der Waals surface area contributed by atoms with E-state index in [1.165, 1.54) is 21.6 Å². The van der Waals surface area contributed by atoms with Gasteiger partial charge in [0.1, 0.15) is 5.82 Å². The summed E-state index contributed by atoms with van der Waals surface area (Å²) >= 11 is 1.75. The van der Waals surface area contributed by atoms with Crippen LogP contribution in [0.25, 0.3) is 0 Å². The zero-order valence-corrected chi connectivity index (χ0v) is 22.6. The quantitative estimate of drug-likeness (QED) is 0.192. The summed E-state index contributed by atoms with van der Waals surface area (Å²) in [6.07, 6.45) is 9.55. The van der Waals surface area contributed by atoms with E-state index in [9.17, 15) is 0 Å². The summed E-state index contributed by atoms with van der Waals surface area (Å²) in [4.78, 5) is 10.7. The highest BCUT2D eigenvalue weighted by molar-refractivity contribution is 7.98. The zero-order valence-electron chi connectivity index (χ0n) is 21.8. The lowest BCUT2D eigenvalue weighted by atomic mass is 9.89. The fraction of sp³-hybridized carbons (Fsp3) is 0.393. The number of aromatic amines is 1. The van der Waals surface area contributed by atoms with Gasteiger partial charge in [0.15, 0.2) is 5.82 Å². The number of aromatic nitrogens is 2. The monoisotopic (exact) mass is 490 g/mol. The number of thioether (sulfide) groups is 1. The highest BCUT2D eigenvalue weighted by Crippen LogP contribution is 2.45. The molecule has 6 nitrogen and oxygen atoms in total. The predicted octanol–water partition coefficient (Wildman–Crippen LogP) is 6.45. The van der Waals surface area contributed by atoms with Gasteiger partial charge in [0.2, 0.25) is 0 Å². The molecule has 0 unspecified atom stereocenters. The number of hydrogen-bond donors (Lipinski definition) is 3. The lowest BCUT2D eigenvalue weighted by Crippen LogP contribution is -2.12. The molecule has 3 rings (SSSR count). The minimum atomic E-state index is 0.423. The van der Waals surface area contributed by atoms with Crippen molar-refractivity contribution < 1.29 is 0 Å². The van der Waals surface area contributed by atoms with Gasteiger partial charge >= 0.3 is 0 Å². The maximum atomic E-state index is 6.11. The fourth-order valence-electron chi connectivity index (χ4n) is 4.05. The van der Waals surface area contributed by atoms with Gasteiger partial charge in [0.25, 0.3) is 0 Å². The third-order valence-electron chi connectivity index (χ3n) is 6.08. The summed E-state index contributed by atoms with van der Waals surface area (Å²) in [5.41, 5.74) is 13.9. The minimum absolute atomic E-state index is 0.423. The number of aliphatic imine (C=N–C) groups is 2. The first-order chi connectivity index (χ1) is 16.9. The van der Waals surface area contributed by atoms with E-state index in [-0.39, 0.29) is 0 Å². The fourth-order valence-corrected chi connectivity index (χ4v) is 4.46. The molecule has 0 aliphatic heterocycles. The largest absolute Gasteiger partial charge is 0.404 e. The summed E-state index contributed by atoms with van der Waals surface area (Å²) in [7, 11) is 1.78. The Hall–Kier alpha value is -3.06. The Morgan fingerprint density at radius 2 is 1.97 bits per heavy atom. The second-order valence-electron chi connectivity index (χ2n) is 8.99. The smallest absolute Gasteiger partial charge is 0.153 e. The molecule has 4 N–H and O–H groups in total. The SMILES string of the molecule is CC/C(C)=C(C(\C=NC)=C\N)/C(=C(\N=C(/C)Cc1ccc(SC)cc1)Nc1cc(C)[nH]n1)C1CC1. The average Bonchev–Trinajstić information content (AvgIpc) is 3.61. The van der Waals surface area contributed by atoms with Gasteiger partial charge in [-0.05, 0) is 75.5 Å². The summed E-state index contributed by atoms with van der Waals surface area (Å²) in [5.74, 6) is 2.02. The Labute approximate surface area is 214 Å². The van der Waals surface area contributed by atoms with E-state index in [1.807, 2.05) is 19.2 Å². The van der Waals surface area contributed by atoms with Gasteiger partial charge in [-0.15, -0.1) is 11.8 Å². The van der Waals surface area contributed by atoms with Gasteiger partial charge in [0, 0.05) is 59.4 Å². The van der Waals surface area contributed by atoms with Crippen LogP contribution in [0.15, 0.2) is 79.5 Å². The number of nitrogens with two attached hydrogens (primary N) is 1. The number of hydrogen-bond acceptors (Lipinski definition) is 6. The van der Waals surface area contributed by atoms with Gasteiger partial charge in [-0.2, -0.15) is 5.10 Å². The molecular weight excluding hydrogens is 452 g/mol. The molecule has 186 valence electrons. The summed E-state index contributed by atoms with van der Waals surface area (Å²) in [5, 5.41) is 11.0. The van der Waals surface area contributed by atoms with Crippen LogP contribution in [0.3, 0.4) is 0 Å². The molecule has 0 amide bonds. The maximum absolute atomic E-state index is 6.11. The Morgan fingerprint density at radius 3 is 2.49 bits per heavy atom. The van der Waals surface area contributed by atoms with Gasteiger partial charge in [-0.3, -0.25) is 10.1 Å². The molecule has 0 bridgehead atoms. The second kappa shape index (κ2) is 12.6. The van der Waals surface area contributed by atoms with Gasteiger partial charge in [-0.25, -0.2) is 4.99 Å². The molecule has 2 aromatic rings. The topological polar surface area (TPSA) is 91.5 Å². The van der Waals surface area contributed by atoms with Crippen LogP contribution >= 0.6 is 11.8 Å². The normalized spacial score (nSPS) is 16.4. The molecule has 1 aromatic carbocycles. The molecule has 1 aliphatic carbocycles. The van der Waals surface area contributed by atoms with Gasteiger partial charge < -0.3 is 11.1 Å². The van der Waals surface area contributed by atoms with Crippen molar-refractivity contribution >= 4 is 29.5 Å². The number of H-pyrrole nitrogens is 1. The van der Waals surface area contributed by atoms with Crippen molar-refractivity contribution in [2.24, 2.45) is 21.6 Å². The van der Waals surface area contributed by atoms with Crippen LogP contribution in [-0.2, 0) is 6.42 Å². The standard InChI is InChI=1S/C28H38N6S/c1-7-18(2)26(23(16-29)17-30-5)27(22-10-11-22)28(32-25-15-20(4)33-34-25)31-19(3)14-21-8-12-24(35-6)13-9-21/h8-9,12-13,15-17,22H,7,10-11,14,29H2,1-6H3,(H2,32,33,34)/b23-16+,26-18+,28-27+,30-17?,31-19+. The lowest BCUT2D eigenvalue weighted by Gasteiger charge is -2.20. The van der Waals surface area contributed by atoms with E-state index < -0.39 is 0 Å². The number of rotatable bonds is 11. The van der Waals surface area contributed by atoms with Gasteiger partial charge in [0.05, 0.1) is 0 Å². The summed E-state index contributed by atoms with van der Waals surface area (Å²) in [6.45, 7) is 8.43. The van der Waals surface area contributed by atoms with Crippen LogP contribution in [0.5, 0.6) is 0 Å². The highest BCUT2D eigenvalue weighted by Gasteiger charge is 2.33. The summed E-state index contributed by atoms with van der Waals surface area (Å²) in [6, 6.07) is 10.7. The molecule has 7 heteroatoms. The first-order valence-electron chi connectivity index (χ1n) is 12.1. The van der Waals surface area contributed by atoms with Crippen LogP contribution in [-0.4, -0.2) is 35.4 Å². The van der Waals surface area contributed by atoms with Crippen LogP contribution in [0.1, 0.15) is 51.3 Å². The first-order valence-corrected chi connectivity index (χ1v) is 13.4. The maximum Gasteiger partial charge on any atom is 0.153 e. The highest BCUT2D eigenvalue weighted by atomic mass is 32.2. The van der Waals surface area contributed by atoms with Crippen molar-refractivity contribution in [3.05, 3.63) is 75.9 Å². The molecule has 1 heterocycles. The molecule has 1 fully saturated rings. The minimum Gasteiger partial charge on any atom is -0.404 e. The molecule has 0 saturated heterocycles. The number of anilines is 1. The lowest BCUT2D eigenvalue weighted by molar-refractivity contribution is 0.950. The number of allylic oxidation sites excluding steroid dienone is 4. The van der Waals surface area contributed by atoms with Crippen molar-refractivity contribution in [1.82, 2.24) is 10.2 Å². The molecule has 1 aliphatic rings. The Kier molecular flexibility index (Phi) is 9.55. The number of aryl methyl sites for hydroxylation is 1. The number of nitrogens with zero attached hydrogens (tertiary/aromatic N) is 3. The Bertz CT molecular complexity index is 1160. The van der Waals surface area contributed by atoms with Crippen molar-refractivity contribution in [2.75, 3.05) is 18.6 Å². The van der Waals surface area contributed by atoms with Gasteiger partial charge in [-0.1, -0.05) is 24.6 Å². The first kappa shape index (κ1) is 26.5. The van der Waals surface area contributed by atoms with Crippen molar-refractivity contribution in [3.63, 3.8) is 0 Å². The van der Waals surface area contributed by atoms with Crippen LogP contribution in [0.4, 0.5) is 5.82 Å². The van der Waals surface area contributed by atoms with E-state index in [4.69, 9.17) is 10.7 Å². The summed E-state index contributed by atoms with van der Waals surface area (Å²) < 4.78 is 0. The molecule has 1 aromatic heterocycles. The van der Waals surface area contributed by atoms with E-state index in [1.54, 1.807) is 25.0 Å².